The zero-order valence-corrected chi connectivity index (χ0v) is 17.1. The molecule has 1 heterocycles. The molecule has 1 saturated heterocycles. The van der Waals surface area contributed by atoms with Gasteiger partial charge in [-0.05, 0) is 35.9 Å². The Morgan fingerprint density at radius 2 is 1.55 bits per heavy atom. The molecule has 0 N–H and O–H groups in total. The first-order valence-corrected chi connectivity index (χ1v) is 10.2. The van der Waals surface area contributed by atoms with Crippen molar-refractivity contribution in [3.63, 3.8) is 0 Å². The molecule has 1 aliphatic rings. The van der Waals surface area contributed by atoms with Crippen LogP contribution in [0.1, 0.15) is 27.5 Å². The van der Waals surface area contributed by atoms with E-state index in [4.69, 9.17) is 0 Å². The van der Waals surface area contributed by atoms with Crippen molar-refractivity contribution in [2.75, 3.05) is 26.7 Å². The normalized spacial score (nSPS) is 17.5. The van der Waals surface area contributed by atoms with E-state index < -0.39 is 11.7 Å². The second-order valence-corrected chi connectivity index (χ2v) is 7.78. The maximum Gasteiger partial charge on any atom is 0.417 e. The zero-order chi connectivity index (χ0) is 22.0. The van der Waals surface area contributed by atoms with Gasteiger partial charge in [0.15, 0.2) is 0 Å². The van der Waals surface area contributed by atoms with Crippen LogP contribution in [0.3, 0.4) is 0 Å². The van der Waals surface area contributed by atoms with Gasteiger partial charge >= 0.3 is 6.18 Å². The molecule has 3 aromatic carbocycles. The third kappa shape index (κ3) is 4.49. The van der Waals surface area contributed by atoms with Gasteiger partial charge in [-0.3, -0.25) is 9.69 Å². The minimum Gasteiger partial charge on any atom is -0.335 e. The van der Waals surface area contributed by atoms with Crippen molar-refractivity contribution in [1.82, 2.24) is 9.80 Å². The van der Waals surface area contributed by atoms with Crippen molar-refractivity contribution in [2.45, 2.75) is 12.2 Å². The minimum atomic E-state index is -4.56. The topological polar surface area (TPSA) is 23.6 Å². The number of halogens is 3. The highest BCUT2D eigenvalue weighted by atomic mass is 19.4. The Morgan fingerprint density at radius 1 is 0.903 bits per heavy atom. The number of nitrogens with zero attached hydrogens (tertiary/aromatic N) is 2. The standard InChI is InChI=1S/C25H23F3N2O/c1-29-14-15-30(17-23(29)19-10-6-3-7-11-19)24(31)20-12-13-21(18-8-4-2-5-9-18)22(16-20)25(26,27)28/h2-13,16,23H,14-15,17H2,1H3. The molecule has 1 fully saturated rings. The average molecular weight is 424 g/mol. The SMILES string of the molecule is CN1CCN(C(=O)c2ccc(-c3ccccc3)c(C(F)(F)F)c2)CC1c1ccccc1. The highest BCUT2D eigenvalue weighted by molar-refractivity contribution is 5.95. The Bertz CT molecular complexity index is 1050. The molecule has 31 heavy (non-hydrogen) atoms. The maximum atomic E-state index is 13.8. The average Bonchev–Trinajstić information content (AvgIpc) is 2.79. The van der Waals surface area contributed by atoms with E-state index in [2.05, 4.69) is 4.90 Å². The fourth-order valence-corrected chi connectivity index (χ4v) is 4.06. The molecule has 6 heteroatoms. The van der Waals surface area contributed by atoms with Crippen LogP contribution in [0.15, 0.2) is 78.9 Å². The van der Waals surface area contributed by atoms with Gasteiger partial charge in [0, 0.05) is 25.2 Å². The molecule has 1 atom stereocenters. The summed E-state index contributed by atoms with van der Waals surface area (Å²) >= 11 is 0. The third-order valence-corrected chi connectivity index (χ3v) is 5.78. The number of benzene rings is 3. The predicted octanol–water partition coefficient (Wildman–Crippen LogP) is 5.50. The molecule has 0 aliphatic carbocycles. The molecule has 4 rings (SSSR count). The fourth-order valence-electron chi connectivity index (χ4n) is 4.06. The lowest BCUT2D eigenvalue weighted by Crippen LogP contribution is -2.49. The minimum absolute atomic E-state index is 0.00424. The van der Waals surface area contributed by atoms with Gasteiger partial charge in [0.05, 0.1) is 11.6 Å². The summed E-state index contributed by atoms with van der Waals surface area (Å²) in [6, 6.07) is 22.1. The number of rotatable bonds is 3. The number of hydrogen-bond donors (Lipinski definition) is 0. The summed E-state index contributed by atoms with van der Waals surface area (Å²) in [5.74, 6) is -0.376. The number of piperazine rings is 1. The first-order valence-electron chi connectivity index (χ1n) is 10.2. The Hall–Kier alpha value is -3.12. The molecule has 0 spiro atoms. The summed E-state index contributed by atoms with van der Waals surface area (Å²) in [7, 11) is 2.00. The Kier molecular flexibility index (Phi) is 5.83. The first kappa shape index (κ1) is 21.1. The Morgan fingerprint density at radius 3 is 2.19 bits per heavy atom. The smallest absolute Gasteiger partial charge is 0.335 e. The number of hydrogen-bond acceptors (Lipinski definition) is 2. The van der Waals surface area contributed by atoms with Gasteiger partial charge < -0.3 is 4.90 Å². The van der Waals surface area contributed by atoms with E-state index in [-0.39, 0.29) is 23.1 Å². The number of alkyl halides is 3. The third-order valence-electron chi connectivity index (χ3n) is 5.78. The highest BCUT2D eigenvalue weighted by Crippen LogP contribution is 2.38. The summed E-state index contributed by atoms with van der Waals surface area (Å²) in [5.41, 5.74) is 0.891. The zero-order valence-electron chi connectivity index (χ0n) is 17.1. The summed E-state index contributed by atoms with van der Waals surface area (Å²) in [4.78, 5) is 17.0. The number of carbonyl (C=O) groups excluding carboxylic acids is 1. The van der Waals surface area contributed by atoms with E-state index in [1.54, 1.807) is 35.2 Å². The van der Waals surface area contributed by atoms with Crippen molar-refractivity contribution in [2.24, 2.45) is 0 Å². The number of likely N-dealkylation sites (N-methyl/N-ethyl adjacent to an activating group) is 1. The van der Waals surface area contributed by atoms with Crippen LogP contribution in [0.25, 0.3) is 11.1 Å². The summed E-state index contributed by atoms with van der Waals surface area (Å²) in [6.07, 6.45) is -4.56. The second-order valence-electron chi connectivity index (χ2n) is 7.78. The van der Waals surface area contributed by atoms with Crippen molar-refractivity contribution >= 4 is 5.91 Å². The lowest BCUT2D eigenvalue weighted by atomic mass is 9.96. The van der Waals surface area contributed by atoms with Crippen molar-refractivity contribution in [3.05, 3.63) is 95.6 Å². The van der Waals surface area contributed by atoms with Crippen LogP contribution >= 0.6 is 0 Å². The van der Waals surface area contributed by atoms with Crippen molar-refractivity contribution < 1.29 is 18.0 Å². The van der Waals surface area contributed by atoms with E-state index in [0.29, 0.717) is 25.2 Å². The van der Waals surface area contributed by atoms with Gasteiger partial charge in [0.2, 0.25) is 0 Å². The van der Waals surface area contributed by atoms with E-state index in [9.17, 15) is 18.0 Å². The largest absolute Gasteiger partial charge is 0.417 e. The van der Waals surface area contributed by atoms with E-state index >= 15 is 0 Å². The number of amides is 1. The van der Waals surface area contributed by atoms with Gasteiger partial charge in [-0.1, -0.05) is 66.7 Å². The molecule has 0 saturated carbocycles. The van der Waals surface area contributed by atoms with Crippen LogP contribution in [0.2, 0.25) is 0 Å². The van der Waals surface area contributed by atoms with Gasteiger partial charge in [-0.25, -0.2) is 0 Å². The van der Waals surface area contributed by atoms with Gasteiger partial charge in [-0.15, -0.1) is 0 Å². The van der Waals surface area contributed by atoms with Crippen LogP contribution in [0.4, 0.5) is 13.2 Å². The summed E-state index contributed by atoms with van der Waals surface area (Å²) in [5, 5.41) is 0. The molecule has 1 amide bonds. The summed E-state index contributed by atoms with van der Waals surface area (Å²) in [6.45, 7) is 1.56. The molecule has 3 aromatic rings. The van der Waals surface area contributed by atoms with E-state index in [0.717, 1.165) is 11.6 Å². The van der Waals surface area contributed by atoms with Gasteiger partial charge in [0.1, 0.15) is 0 Å². The van der Waals surface area contributed by atoms with Crippen LogP contribution in [-0.4, -0.2) is 42.4 Å². The van der Waals surface area contributed by atoms with Gasteiger partial charge in [-0.2, -0.15) is 13.2 Å². The maximum absolute atomic E-state index is 13.8. The highest BCUT2D eigenvalue weighted by Gasteiger charge is 2.35. The quantitative estimate of drug-likeness (QED) is 0.554. The Labute approximate surface area is 179 Å². The van der Waals surface area contributed by atoms with Gasteiger partial charge in [0.25, 0.3) is 5.91 Å². The molecular weight excluding hydrogens is 401 g/mol. The molecule has 160 valence electrons. The second kappa shape index (κ2) is 8.55. The molecule has 0 aromatic heterocycles. The fraction of sp³-hybridized carbons (Fsp3) is 0.240. The summed E-state index contributed by atoms with van der Waals surface area (Å²) < 4.78 is 41.5. The van der Waals surface area contributed by atoms with Crippen molar-refractivity contribution in [3.8, 4) is 11.1 Å². The van der Waals surface area contributed by atoms with Crippen LogP contribution in [0, 0.1) is 0 Å². The van der Waals surface area contributed by atoms with Crippen molar-refractivity contribution in [1.29, 1.82) is 0 Å². The molecule has 1 unspecified atom stereocenters. The first-order chi connectivity index (χ1) is 14.8. The molecule has 1 aliphatic heterocycles. The monoisotopic (exact) mass is 424 g/mol. The van der Waals surface area contributed by atoms with E-state index in [1.165, 1.54) is 12.1 Å². The lowest BCUT2D eigenvalue weighted by molar-refractivity contribution is -0.137. The number of carbonyl (C=O) groups is 1. The predicted molar refractivity (Wildman–Crippen MR) is 115 cm³/mol. The molecule has 0 bridgehead atoms. The van der Waals surface area contributed by atoms with Crippen LogP contribution < -0.4 is 0 Å². The Balaban J connectivity index is 1.64. The van der Waals surface area contributed by atoms with Crippen LogP contribution in [0.5, 0.6) is 0 Å². The van der Waals surface area contributed by atoms with E-state index in [1.807, 2.05) is 37.4 Å². The van der Waals surface area contributed by atoms with Crippen LogP contribution in [-0.2, 0) is 6.18 Å². The molecule has 3 nitrogen and oxygen atoms in total. The molecule has 0 radical (unpaired) electrons. The molecular formula is C25H23F3N2O. The lowest BCUT2D eigenvalue weighted by Gasteiger charge is -2.39.